The molecule has 0 aliphatic rings. The molecule has 0 aliphatic heterocycles. The van der Waals surface area contributed by atoms with E-state index in [1.165, 1.54) is 11.3 Å². The molecule has 0 bridgehead atoms. The summed E-state index contributed by atoms with van der Waals surface area (Å²) in [6.45, 7) is 1.38. The maximum Gasteiger partial charge on any atom is 0.246 e. The molecule has 0 N–H and O–H groups in total. The molecule has 1 aromatic heterocycles. The van der Waals surface area contributed by atoms with Crippen LogP contribution < -0.4 is 0 Å². The number of methoxy groups -OCH3 is 1. The van der Waals surface area contributed by atoms with Crippen LogP contribution in [0.5, 0.6) is 0 Å². The minimum Gasteiger partial charge on any atom is -0.385 e. The van der Waals surface area contributed by atoms with Gasteiger partial charge in [0.15, 0.2) is 0 Å². The van der Waals surface area contributed by atoms with Crippen LogP contribution in [0.3, 0.4) is 0 Å². The van der Waals surface area contributed by atoms with Crippen molar-refractivity contribution in [2.24, 2.45) is 0 Å². The van der Waals surface area contributed by atoms with Gasteiger partial charge in [0.2, 0.25) is 5.91 Å². The number of rotatable bonds is 6. The third-order valence-electron chi connectivity index (χ3n) is 2.04. The van der Waals surface area contributed by atoms with Crippen LogP contribution >= 0.6 is 11.3 Å². The number of carbonyl (C=O) groups is 1. The summed E-state index contributed by atoms with van der Waals surface area (Å²) in [5.74, 6) is -0.00805. The second-order valence-electron chi connectivity index (χ2n) is 3.31. The highest BCUT2D eigenvalue weighted by atomic mass is 32.1. The predicted molar refractivity (Wildman–Crippen MR) is 65.3 cm³/mol. The molecule has 0 fully saturated rings. The van der Waals surface area contributed by atoms with Crippen LogP contribution in [0.2, 0.25) is 0 Å². The Labute approximate surface area is 99.6 Å². The van der Waals surface area contributed by atoms with E-state index >= 15 is 0 Å². The summed E-state index contributed by atoms with van der Waals surface area (Å²) >= 11 is 1.51. The minimum absolute atomic E-state index is 0.00805. The van der Waals surface area contributed by atoms with E-state index in [0.29, 0.717) is 13.2 Å². The van der Waals surface area contributed by atoms with Gasteiger partial charge >= 0.3 is 0 Å². The van der Waals surface area contributed by atoms with Crippen LogP contribution in [0.4, 0.5) is 0 Å². The van der Waals surface area contributed by atoms with Crippen molar-refractivity contribution in [1.29, 1.82) is 0 Å². The SMILES string of the molecule is COCCCN(C)C(=O)/C=C/c1nccs1. The van der Waals surface area contributed by atoms with Gasteiger partial charge in [-0.25, -0.2) is 4.98 Å². The van der Waals surface area contributed by atoms with E-state index in [1.54, 1.807) is 37.4 Å². The van der Waals surface area contributed by atoms with Crippen molar-refractivity contribution >= 4 is 23.3 Å². The maximum atomic E-state index is 11.6. The first-order valence-corrected chi connectivity index (χ1v) is 5.93. The van der Waals surface area contributed by atoms with E-state index in [4.69, 9.17) is 4.74 Å². The normalized spacial score (nSPS) is 10.9. The first-order valence-electron chi connectivity index (χ1n) is 5.05. The number of carbonyl (C=O) groups excluding carboxylic acids is 1. The summed E-state index contributed by atoms with van der Waals surface area (Å²) in [5, 5.41) is 2.73. The van der Waals surface area contributed by atoms with Gasteiger partial charge in [-0.05, 0) is 12.5 Å². The average molecular weight is 240 g/mol. The monoisotopic (exact) mass is 240 g/mol. The van der Waals surface area contributed by atoms with Crippen molar-refractivity contribution in [1.82, 2.24) is 9.88 Å². The molecular formula is C11H16N2O2S. The number of amides is 1. The summed E-state index contributed by atoms with van der Waals surface area (Å²) in [6.07, 6.45) is 5.85. The summed E-state index contributed by atoms with van der Waals surface area (Å²) in [5.41, 5.74) is 0. The number of hydrogen-bond acceptors (Lipinski definition) is 4. The molecule has 0 spiro atoms. The van der Waals surface area contributed by atoms with Crippen LogP contribution in [0.25, 0.3) is 6.08 Å². The van der Waals surface area contributed by atoms with Gasteiger partial charge in [-0.3, -0.25) is 4.79 Å². The van der Waals surface area contributed by atoms with Gasteiger partial charge in [-0.2, -0.15) is 0 Å². The minimum atomic E-state index is -0.00805. The average Bonchev–Trinajstić information content (AvgIpc) is 2.79. The summed E-state index contributed by atoms with van der Waals surface area (Å²) in [7, 11) is 3.44. The van der Waals surface area contributed by atoms with E-state index in [9.17, 15) is 4.79 Å². The molecule has 4 nitrogen and oxygen atoms in total. The lowest BCUT2D eigenvalue weighted by molar-refractivity contribution is -0.124. The third-order valence-corrected chi connectivity index (χ3v) is 2.78. The summed E-state index contributed by atoms with van der Waals surface area (Å²) in [6, 6.07) is 0. The molecule has 0 aliphatic carbocycles. The Kier molecular flexibility index (Phi) is 5.74. The van der Waals surface area contributed by atoms with Crippen molar-refractivity contribution in [2.45, 2.75) is 6.42 Å². The molecule has 5 heteroatoms. The molecule has 0 unspecified atom stereocenters. The predicted octanol–water partition coefficient (Wildman–Crippen LogP) is 1.65. The molecule has 0 saturated carbocycles. The van der Waals surface area contributed by atoms with E-state index in [1.807, 2.05) is 5.38 Å². The van der Waals surface area contributed by atoms with Gasteiger partial charge in [0.05, 0.1) is 0 Å². The fraction of sp³-hybridized carbons (Fsp3) is 0.455. The van der Waals surface area contributed by atoms with Gasteiger partial charge < -0.3 is 9.64 Å². The smallest absolute Gasteiger partial charge is 0.246 e. The number of hydrogen-bond donors (Lipinski definition) is 0. The molecule has 1 rings (SSSR count). The molecular weight excluding hydrogens is 224 g/mol. The van der Waals surface area contributed by atoms with Gasteiger partial charge in [-0.1, -0.05) is 0 Å². The Morgan fingerprint density at radius 1 is 1.69 bits per heavy atom. The lowest BCUT2D eigenvalue weighted by atomic mass is 10.4. The fourth-order valence-corrected chi connectivity index (χ4v) is 1.67. The van der Waals surface area contributed by atoms with E-state index in [-0.39, 0.29) is 5.91 Å². The summed E-state index contributed by atoms with van der Waals surface area (Å²) < 4.78 is 4.93. The number of aromatic nitrogens is 1. The molecule has 0 atom stereocenters. The standard InChI is InChI=1S/C11H16N2O2S/c1-13(7-3-8-15-2)11(14)5-4-10-12-6-9-16-10/h4-6,9H,3,7-8H2,1-2H3/b5-4+. The Balaban J connectivity index is 2.34. The number of nitrogens with zero attached hydrogens (tertiary/aromatic N) is 2. The van der Waals surface area contributed by atoms with Crippen molar-refractivity contribution in [3.05, 3.63) is 22.7 Å². The molecule has 88 valence electrons. The third kappa shape index (κ3) is 4.55. The van der Waals surface area contributed by atoms with Crippen LogP contribution in [0.1, 0.15) is 11.4 Å². The molecule has 0 radical (unpaired) electrons. The Morgan fingerprint density at radius 2 is 2.50 bits per heavy atom. The van der Waals surface area contributed by atoms with Crippen LogP contribution in [0, 0.1) is 0 Å². The van der Waals surface area contributed by atoms with Crippen molar-refractivity contribution < 1.29 is 9.53 Å². The van der Waals surface area contributed by atoms with Gasteiger partial charge in [0.1, 0.15) is 5.01 Å². The molecule has 0 aromatic carbocycles. The first kappa shape index (κ1) is 12.9. The highest BCUT2D eigenvalue weighted by molar-refractivity contribution is 7.10. The fourth-order valence-electron chi connectivity index (χ4n) is 1.14. The highest BCUT2D eigenvalue weighted by Crippen LogP contribution is 2.06. The zero-order chi connectivity index (χ0) is 11.8. The van der Waals surface area contributed by atoms with Crippen LogP contribution in [-0.2, 0) is 9.53 Å². The first-order chi connectivity index (χ1) is 7.74. The van der Waals surface area contributed by atoms with Gasteiger partial charge in [0.25, 0.3) is 0 Å². The van der Waals surface area contributed by atoms with Gasteiger partial charge in [0, 0.05) is 45.0 Å². The lowest BCUT2D eigenvalue weighted by Gasteiger charge is -2.14. The van der Waals surface area contributed by atoms with E-state index < -0.39 is 0 Å². The molecule has 1 aromatic rings. The highest BCUT2D eigenvalue weighted by Gasteiger charge is 2.03. The molecule has 1 heterocycles. The summed E-state index contributed by atoms with van der Waals surface area (Å²) in [4.78, 5) is 17.3. The van der Waals surface area contributed by atoms with Gasteiger partial charge in [-0.15, -0.1) is 11.3 Å². The quantitative estimate of drug-likeness (QED) is 0.561. The maximum absolute atomic E-state index is 11.6. The molecule has 16 heavy (non-hydrogen) atoms. The Hall–Kier alpha value is -1.20. The van der Waals surface area contributed by atoms with Crippen molar-refractivity contribution in [3.63, 3.8) is 0 Å². The second kappa shape index (κ2) is 7.14. The van der Waals surface area contributed by atoms with Crippen LogP contribution in [-0.4, -0.2) is 43.1 Å². The van der Waals surface area contributed by atoms with Crippen molar-refractivity contribution in [2.75, 3.05) is 27.3 Å². The lowest BCUT2D eigenvalue weighted by Crippen LogP contribution is -2.26. The number of likely N-dealkylation sites (N-methyl/N-ethyl adjacent to an activating group) is 1. The zero-order valence-electron chi connectivity index (χ0n) is 9.55. The molecule has 0 saturated heterocycles. The van der Waals surface area contributed by atoms with E-state index in [2.05, 4.69) is 4.98 Å². The Morgan fingerprint density at radius 3 is 3.12 bits per heavy atom. The largest absolute Gasteiger partial charge is 0.385 e. The van der Waals surface area contributed by atoms with Crippen molar-refractivity contribution in [3.8, 4) is 0 Å². The van der Waals surface area contributed by atoms with E-state index in [0.717, 1.165) is 11.4 Å². The molecule has 1 amide bonds. The number of thiazole rings is 1. The van der Waals surface area contributed by atoms with Crippen LogP contribution in [0.15, 0.2) is 17.7 Å². The zero-order valence-corrected chi connectivity index (χ0v) is 10.4. The number of ether oxygens (including phenoxy) is 1. The Bertz CT molecular complexity index is 336. The second-order valence-corrected chi connectivity index (χ2v) is 4.24. The topological polar surface area (TPSA) is 42.4 Å².